The number of carbonyl (C=O) groups excluding carboxylic acids is 1. The highest BCUT2D eigenvalue weighted by atomic mass is 16.5. The number of amides is 1. The smallest absolute Gasteiger partial charge is 0.267 e. The van der Waals surface area contributed by atoms with Crippen LogP contribution in [0.25, 0.3) is 17.3 Å². The lowest BCUT2D eigenvalue weighted by Gasteiger charge is -2.09. The third-order valence-corrected chi connectivity index (χ3v) is 3.13. The minimum atomic E-state index is -0.384. The fourth-order valence-electron chi connectivity index (χ4n) is 1.95. The molecule has 0 fully saturated rings. The number of benzene rings is 1. The Morgan fingerprint density at radius 2 is 1.96 bits per heavy atom. The van der Waals surface area contributed by atoms with Gasteiger partial charge >= 0.3 is 0 Å². The first kappa shape index (κ1) is 16.3. The maximum atomic E-state index is 11.4. The van der Waals surface area contributed by atoms with Crippen molar-refractivity contribution in [2.45, 2.75) is 0 Å². The first-order valence-electron chi connectivity index (χ1n) is 6.83. The summed E-state index contributed by atoms with van der Waals surface area (Å²) < 4.78 is 10.5. The van der Waals surface area contributed by atoms with E-state index in [2.05, 4.69) is 15.3 Å². The molecular weight excluding hydrogens is 296 g/mol. The van der Waals surface area contributed by atoms with E-state index in [1.165, 1.54) is 13.1 Å². The number of likely N-dealkylation sites (N-methyl/N-ethyl adjacent to an activating group) is 1. The van der Waals surface area contributed by atoms with Gasteiger partial charge in [-0.3, -0.25) is 4.79 Å². The van der Waals surface area contributed by atoms with Crippen molar-refractivity contribution in [3.63, 3.8) is 0 Å². The van der Waals surface area contributed by atoms with Gasteiger partial charge in [-0.15, -0.1) is 0 Å². The van der Waals surface area contributed by atoms with Crippen LogP contribution >= 0.6 is 0 Å². The monoisotopic (exact) mass is 314 g/mol. The maximum Gasteiger partial charge on any atom is 0.267 e. The van der Waals surface area contributed by atoms with Gasteiger partial charge in [0.15, 0.2) is 17.3 Å². The number of nitrogens with one attached hydrogen (secondary N) is 1. The summed E-state index contributed by atoms with van der Waals surface area (Å²) in [7, 11) is 4.65. The predicted molar refractivity (Wildman–Crippen MR) is 86.8 cm³/mol. The molecule has 0 aliphatic heterocycles. The number of hydrogen-bond donors (Lipinski definition) is 2. The second kappa shape index (κ2) is 7.26. The number of nitrogens with two attached hydrogens (primary N) is 1. The highest BCUT2D eigenvalue weighted by Crippen LogP contribution is 2.31. The number of nitrogens with zero attached hydrogens (tertiary/aromatic N) is 2. The SMILES string of the molecule is CNC(=O)/C(N)=C/c1nccc(-c2ccc(OC)c(OC)c2)n1. The fraction of sp³-hybridized carbons (Fsp3) is 0.188. The number of hydrogen-bond acceptors (Lipinski definition) is 6. The summed E-state index contributed by atoms with van der Waals surface area (Å²) in [6.45, 7) is 0. The summed E-state index contributed by atoms with van der Waals surface area (Å²) in [6, 6.07) is 7.23. The van der Waals surface area contributed by atoms with Crippen LogP contribution in [-0.2, 0) is 4.79 Å². The van der Waals surface area contributed by atoms with E-state index >= 15 is 0 Å². The Morgan fingerprint density at radius 3 is 2.61 bits per heavy atom. The molecule has 3 N–H and O–H groups in total. The zero-order valence-corrected chi connectivity index (χ0v) is 13.2. The Labute approximate surface area is 134 Å². The molecule has 0 spiro atoms. The molecule has 1 aromatic carbocycles. The van der Waals surface area contributed by atoms with Crippen molar-refractivity contribution in [2.24, 2.45) is 5.73 Å². The van der Waals surface area contributed by atoms with Crippen molar-refractivity contribution >= 4 is 12.0 Å². The van der Waals surface area contributed by atoms with Crippen LogP contribution < -0.4 is 20.5 Å². The van der Waals surface area contributed by atoms with Crippen molar-refractivity contribution in [3.8, 4) is 22.8 Å². The van der Waals surface area contributed by atoms with Crippen LogP contribution in [0, 0.1) is 0 Å². The summed E-state index contributed by atoms with van der Waals surface area (Å²) >= 11 is 0. The first-order chi connectivity index (χ1) is 11.1. The molecule has 0 atom stereocenters. The molecule has 2 aromatic rings. The van der Waals surface area contributed by atoms with E-state index in [9.17, 15) is 4.79 Å². The van der Waals surface area contributed by atoms with Gasteiger partial charge in [-0.1, -0.05) is 0 Å². The third kappa shape index (κ3) is 3.76. The summed E-state index contributed by atoms with van der Waals surface area (Å²) in [4.78, 5) is 19.9. The average Bonchev–Trinajstić information content (AvgIpc) is 2.60. The van der Waals surface area contributed by atoms with Crippen molar-refractivity contribution in [1.82, 2.24) is 15.3 Å². The molecule has 0 radical (unpaired) electrons. The zero-order valence-electron chi connectivity index (χ0n) is 13.2. The van der Waals surface area contributed by atoms with Crippen molar-refractivity contribution < 1.29 is 14.3 Å². The molecule has 0 unspecified atom stereocenters. The number of ether oxygens (including phenoxy) is 2. The lowest BCUT2D eigenvalue weighted by Crippen LogP contribution is -2.24. The van der Waals surface area contributed by atoms with Crippen LogP contribution in [0.15, 0.2) is 36.2 Å². The van der Waals surface area contributed by atoms with Gasteiger partial charge in [-0.25, -0.2) is 9.97 Å². The standard InChI is InChI=1S/C16H18N4O3/c1-18-16(21)11(17)9-15-19-7-6-12(20-15)10-4-5-13(22-2)14(8-10)23-3/h4-9H,17H2,1-3H3,(H,18,21)/b11-9-. The second-order valence-electron chi connectivity index (χ2n) is 4.55. The van der Waals surface area contributed by atoms with Gasteiger partial charge in [0.05, 0.1) is 19.9 Å². The zero-order chi connectivity index (χ0) is 16.8. The first-order valence-corrected chi connectivity index (χ1v) is 6.83. The molecule has 7 nitrogen and oxygen atoms in total. The Hall–Kier alpha value is -3.09. The topological polar surface area (TPSA) is 99.4 Å². The molecule has 0 aliphatic carbocycles. The summed E-state index contributed by atoms with van der Waals surface area (Å²) in [6.07, 6.45) is 3.02. The van der Waals surface area contributed by atoms with Gasteiger partial charge in [0, 0.05) is 24.9 Å². The molecule has 7 heteroatoms. The largest absolute Gasteiger partial charge is 0.493 e. The predicted octanol–water partition coefficient (Wildman–Crippen LogP) is 1.21. The highest BCUT2D eigenvalue weighted by Gasteiger charge is 2.08. The minimum absolute atomic E-state index is 0.0389. The van der Waals surface area contributed by atoms with Gasteiger partial charge in [-0.05, 0) is 24.3 Å². The third-order valence-electron chi connectivity index (χ3n) is 3.13. The molecular formula is C16H18N4O3. The van der Waals surface area contributed by atoms with E-state index in [0.717, 1.165) is 5.56 Å². The van der Waals surface area contributed by atoms with Crippen LogP contribution in [0.2, 0.25) is 0 Å². The molecule has 1 aromatic heterocycles. The molecule has 0 saturated carbocycles. The molecule has 0 bridgehead atoms. The molecule has 120 valence electrons. The van der Waals surface area contributed by atoms with E-state index in [4.69, 9.17) is 15.2 Å². The van der Waals surface area contributed by atoms with E-state index in [1.54, 1.807) is 32.5 Å². The van der Waals surface area contributed by atoms with Gasteiger partial charge in [0.1, 0.15) is 5.70 Å². The Morgan fingerprint density at radius 1 is 1.22 bits per heavy atom. The van der Waals surface area contributed by atoms with E-state index < -0.39 is 0 Å². The normalized spacial score (nSPS) is 11.0. The summed E-state index contributed by atoms with van der Waals surface area (Å²) in [5.74, 6) is 1.20. The lowest BCUT2D eigenvalue weighted by atomic mass is 10.1. The number of rotatable bonds is 5. The quantitative estimate of drug-likeness (QED) is 0.805. The van der Waals surface area contributed by atoms with Gasteiger partial charge < -0.3 is 20.5 Å². The van der Waals surface area contributed by atoms with Gasteiger partial charge in [0.2, 0.25) is 0 Å². The Balaban J connectivity index is 2.38. The highest BCUT2D eigenvalue weighted by molar-refractivity contribution is 5.96. The molecule has 2 rings (SSSR count). The van der Waals surface area contributed by atoms with Crippen LogP contribution in [0.3, 0.4) is 0 Å². The number of carbonyl (C=O) groups is 1. The van der Waals surface area contributed by atoms with Crippen molar-refractivity contribution in [3.05, 3.63) is 42.0 Å². The number of aromatic nitrogens is 2. The minimum Gasteiger partial charge on any atom is -0.493 e. The second-order valence-corrected chi connectivity index (χ2v) is 4.55. The van der Waals surface area contributed by atoms with E-state index in [-0.39, 0.29) is 11.6 Å². The Kier molecular flexibility index (Phi) is 5.14. The lowest BCUT2D eigenvalue weighted by molar-refractivity contribution is -0.117. The van der Waals surface area contributed by atoms with Gasteiger partial charge in [0.25, 0.3) is 5.91 Å². The number of methoxy groups -OCH3 is 2. The summed E-state index contributed by atoms with van der Waals surface area (Å²) in [5, 5.41) is 2.44. The molecule has 0 saturated heterocycles. The summed E-state index contributed by atoms with van der Waals surface area (Å²) in [5.41, 5.74) is 7.21. The fourth-order valence-corrected chi connectivity index (χ4v) is 1.95. The molecule has 23 heavy (non-hydrogen) atoms. The van der Waals surface area contributed by atoms with Crippen LogP contribution in [0.5, 0.6) is 11.5 Å². The van der Waals surface area contributed by atoms with Crippen LogP contribution in [-0.4, -0.2) is 37.1 Å². The van der Waals surface area contributed by atoms with Crippen LogP contribution in [0.4, 0.5) is 0 Å². The van der Waals surface area contributed by atoms with Crippen molar-refractivity contribution in [1.29, 1.82) is 0 Å². The van der Waals surface area contributed by atoms with Crippen molar-refractivity contribution in [2.75, 3.05) is 21.3 Å². The van der Waals surface area contributed by atoms with E-state index in [0.29, 0.717) is 23.0 Å². The molecule has 1 amide bonds. The molecule has 1 heterocycles. The van der Waals surface area contributed by atoms with Gasteiger partial charge in [-0.2, -0.15) is 0 Å². The maximum absolute atomic E-state index is 11.4. The van der Waals surface area contributed by atoms with Crippen LogP contribution in [0.1, 0.15) is 5.82 Å². The Bertz CT molecular complexity index is 744. The molecule has 0 aliphatic rings. The average molecular weight is 314 g/mol. The van der Waals surface area contributed by atoms with E-state index in [1.807, 2.05) is 12.1 Å².